The standard InChI is InChI=1S/C23H15Cl2F2N5O4/c1-2-35-23(34)36-20-7-12(26)3-4-14(20)15-9-17(24)16(10-19(15)27)22(33)31-13-8-18(25)21(28-11-13)32-29-5-6-30-32/h3-11H,2H2,1H3,(H,31,33). The Morgan fingerprint density at radius 2 is 1.78 bits per heavy atom. The molecule has 0 radical (unpaired) electrons. The molecule has 0 unspecified atom stereocenters. The Bertz CT molecular complexity index is 1450. The number of nitrogens with one attached hydrogen (secondary N) is 1. The Kier molecular flexibility index (Phi) is 7.41. The number of anilines is 1. The Balaban J connectivity index is 1.61. The minimum absolute atomic E-state index is 0.0228. The van der Waals surface area contributed by atoms with Crippen molar-refractivity contribution in [2.75, 3.05) is 11.9 Å². The smallest absolute Gasteiger partial charge is 0.434 e. The summed E-state index contributed by atoms with van der Waals surface area (Å²) in [6.45, 7) is 1.59. The average Bonchev–Trinajstić information content (AvgIpc) is 3.35. The average molecular weight is 534 g/mol. The number of pyridine rings is 1. The number of carbonyl (C=O) groups excluding carboxylic acids is 2. The molecule has 0 atom stereocenters. The van der Waals surface area contributed by atoms with Crippen LogP contribution < -0.4 is 10.1 Å². The molecule has 2 aromatic carbocycles. The highest BCUT2D eigenvalue weighted by molar-refractivity contribution is 6.35. The van der Waals surface area contributed by atoms with Gasteiger partial charge in [0.1, 0.15) is 17.4 Å². The van der Waals surface area contributed by atoms with Crippen molar-refractivity contribution in [3.05, 3.63) is 82.2 Å². The maximum Gasteiger partial charge on any atom is 0.513 e. The first-order valence-corrected chi connectivity index (χ1v) is 11.0. The van der Waals surface area contributed by atoms with Gasteiger partial charge in [-0.3, -0.25) is 4.79 Å². The largest absolute Gasteiger partial charge is 0.513 e. The van der Waals surface area contributed by atoms with Gasteiger partial charge >= 0.3 is 6.16 Å². The van der Waals surface area contributed by atoms with Crippen molar-refractivity contribution in [1.29, 1.82) is 0 Å². The summed E-state index contributed by atoms with van der Waals surface area (Å²) in [6, 6.07) is 6.65. The summed E-state index contributed by atoms with van der Waals surface area (Å²) >= 11 is 12.5. The first-order chi connectivity index (χ1) is 17.3. The Morgan fingerprint density at radius 1 is 1.03 bits per heavy atom. The third-order valence-corrected chi connectivity index (χ3v) is 5.27. The molecule has 0 aliphatic heterocycles. The second-order valence-electron chi connectivity index (χ2n) is 7.04. The van der Waals surface area contributed by atoms with Crippen LogP contribution in [-0.4, -0.2) is 38.6 Å². The van der Waals surface area contributed by atoms with Crippen molar-refractivity contribution >= 4 is 41.0 Å². The van der Waals surface area contributed by atoms with Gasteiger partial charge < -0.3 is 14.8 Å². The molecule has 4 aromatic rings. The lowest BCUT2D eigenvalue weighted by Gasteiger charge is -2.13. The number of rotatable bonds is 6. The number of halogens is 4. The van der Waals surface area contributed by atoms with E-state index in [0.717, 1.165) is 24.3 Å². The van der Waals surface area contributed by atoms with Crippen molar-refractivity contribution < 1.29 is 27.8 Å². The van der Waals surface area contributed by atoms with Crippen LogP contribution in [0.25, 0.3) is 16.9 Å². The lowest BCUT2D eigenvalue weighted by atomic mass is 10.0. The maximum atomic E-state index is 15.1. The number of carbonyl (C=O) groups is 2. The van der Waals surface area contributed by atoms with Gasteiger partial charge in [-0.2, -0.15) is 10.2 Å². The summed E-state index contributed by atoms with van der Waals surface area (Å²) in [5.41, 5.74) is -0.0850. The van der Waals surface area contributed by atoms with E-state index in [2.05, 4.69) is 20.5 Å². The van der Waals surface area contributed by atoms with Crippen LogP contribution in [0.1, 0.15) is 17.3 Å². The third kappa shape index (κ3) is 5.42. The molecule has 0 aliphatic carbocycles. The second-order valence-corrected chi connectivity index (χ2v) is 7.85. The summed E-state index contributed by atoms with van der Waals surface area (Å²) in [6.07, 6.45) is 3.13. The fourth-order valence-corrected chi connectivity index (χ4v) is 3.63. The minimum atomic E-state index is -1.09. The topological polar surface area (TPSA) is 108 Å². The Hall–Kier alpha value is -4.09. The van der Waals surface area contributed by atoms with E-state index in [1.165, 1.54) is 35.5 Å². The quantitative estimate of drug-likeness (QED) is 0.250. The van der Waals surface area contributed by atoms with Crippen LogP contribution in [0.3, 0.4) is 0 Å². The predicted octanol–water partition coefficient (Wildman–Crippen LogP) is 5.70. The molecule has 0 spiro atoms. The highest BCUT2D eigenvalue weighted by atomic mass is 35.5. The Morgan fingerprint density at radius 3 is 2.47 bits per heavy atom. The molecule has 0 aliphatic rings. The zero-order valence-electron chi connectivity index (χ0n) is 18.3. The molecule has 36 heavy (non-hydrogen) atoms. The van der Waals surface area contributed by atoms with Gasteiger partial charge in [-0.25, -0.2) is 18.6 Å². The van der Waals surface area contributed by atoms with Gasteiger partial charge in [0.15, 0.2) is 5.82 Å². The minimum Gasteiger partial charge on any atom is -0.434 e. The Labute approximate surface area is 212 Å². The molecule has 2 heterocycles. The number of hydrogen-bond donors (Lipinski definition) is 1. The number of hydrogen-bond acceptors (Lipinski definition) is 7. The van der Waals surface area contributed by atoms with Crippen molar-refractivity contribution in [3.63, 3.8) is 0 Å². The summed E-state index contributed by atoms with van der Waals surface area (Å²) in [5, 5.41) is 10.4. The molecule has 0 bridgehead atoms. The van der Waals surface area contributed by atoms with Crippen molar-refractivity contribution in [2.24, 2.45) is 0 Å². The molecule has 1 amide bonds. The highest BCUT2D eigenvalue weighted by Gasteiger charge is 2.21. The number of aromatic nitrogens is 4. The molecule has 1 N–H and O–H groups in total. The van der Waals surface area contributed by atoms with Crippen LogP contribution in [0.5, 0.6) is 5.75 Å². The first-order valence-electron chi connectivity index (χ1n) is 10.2. The van der Waals surface area contributed by atoms with E-state index in [0.29, 0.717) is 0 Å². The zero-order chi connectivity index (χ0) is 25.8. The lowest BCUT2D eigenvalue weighted by Crippen LogP contribution is -2.14. The van der Waals surface area contributed by atoms with Gasteiger partial charge in [0.2, 0.25) is 0 Å². The van der Waals surface area contributed by atoms with E-state index in [-0.39, 0.29) is 50.6 Å². The SMILES string of the molecule is CCOC(=O)Oc1cc(F)ccc1-c1cc(Cl)c(C(=O)Nc2cnc(-n3nccn3)c(Cl)c2)cc1F. The fourth-order valence-electron chi connectivity index (χ4n) is 3.14. The van der Waals surface area contributed by atoms with E-state index in [1.54, 1.807) is 6.92 Å². The molecule has 2 aromatic heterocycles. The summed E-state index contributed by atoms with van der Waals surface area (Å²) in [4.78, 5) is 29.8. The number of amides is 1. The second kappa shape index (κ2) is 10.7. The fraction of sp³-hybridized carbons (Fsp3) is 0.0870. The van der Waals surface area contributed by atoms with Crippen molar-refractivity contribution in [1.82, 2.24) is 20.0 Å². The molecule has 0 saturated carbocycles. The van der Waals surface area contributed by atoms with Crippen LogP contribution in [0.2, 0.25) is 10.0 Å². The van der Waals surface area contributed by atoms with Crippen LogP contribution in [0.4, 0.5) is 19.3 Å². The van der Waals surface area contributed by atoms with Crippen LogP contribution in [0, 0.1) is 11.6 Å². The molecule has 13 heteroatoms. The molecule has 0 saturated heterocycles. The van der Waals surface area contributed by atoms with Crippen LogP contribution in [-0.2, 0) is 4.74 Å². The van der Waals surface area contributed by atoms with E-state index < -0.39 is 23.7 Å². The molecule has 184 valence electrons. The third-order valence-electron chi connectivity index (χ3n) is 4.68. The van der Waals surface area contributed by atoms with Crippen molar-refractivity contribution in [3.8, 4) is 22.7 Å². The lowest BCUT2D eigenvalue weighted by molar-refractivity contribution is 0.102. The monoisotopic (exact) mass is 533 g/mol. The van der Waals surface area contributed by atoms with Gasteiger partial charge in [-0.1, -0.05) is 23.2 Å². The predicted molar refractivity (Wildman–Crippen MR) is 127 cm³/mol. The summed E-state index contributed by atoms with van der Waals surface area (Å²) in [7, 11) is 0. The van der Waals surface area contributed by atoms with Crippen molar-refractivity contribution in [2.45, 2.75) is 6.92 Å². The van der Waals surface area contributed by atoms with E-state index in [4.69, 9.17) is 32.7 Å². The number of benzene rings is 2. The van der Waals surface area contributed by atoms with Gasteiger partial charge in [0, 0.05) is 17.2 Å². The molecular formula is C23H15Cl2F2N5O4. The number of nitrogens with zero attached hydrogens (tertiary/aromatic N) is 4. The van der Waals surface area contributed by atoms with E-state index in [1.807, 2.05) is 0 Å². The van der Waals surface area contributed by atoms with E-state index in [9.17, 15) is 14.0 Å². The van der Waals surface area contributed by atoms with Crippen LogP contribution in [0.15, 0.2) is 55.0 Å². The molecule has 9 nitrogen and oxygen atoms in total. The normalized spacial score (nSPS) is 10.7. The van der Waals surface area contributed by atoms with E-state index >= 15 is 4.39 Å². The summed E-state index contributed by atoms with van der Waals surface area (Å²) in [5.74, 6) is -2.37. The summed E-state index contributed by atoms with van der Waals surface area (Å²) < 4.78 is 38.6. The van der Waals surface area contributed by atoms with Gasteiger partial charge in [-0.05, 0) is 37.3 Å². The molecular weight excluding hydrogens is 519 g/mol. The van der Waals surface area contributed by atoms with Crippen LogP contribution >= 0.6 is 23.2 Å². The number of ether oxygens (including phenoxy) is 2. The first kappa shape index (κ1) is 25.0. The zero-order valence-corrected chi connectivity index (χ0v) is 19.8. The maximum absolute atomic E-state index is 15.1. The van der Waals surface area contributed by atoms with Gasteiger partial charge in [0.05, 0.1) is 46.5 Å². The van der Waals surface area contributed by atoms with Gasteiger partial charge in [-0.15, -0.1) is 4.80 Å². The molecule has 0 fully saturated rings. The van der Waals surface area contributed by atoms with Gasteiger partial charge in [0.25, 0.3) is 5.91 Å². The highest BCUT2D eigenvalue weighted by Crippen LogP contribution is 2.36. The molecule has 4 rings (SSSR count).